The first-order chi connectivity index (χ1) is 9.95. The molecule has 1 saturated heterocycles. The van der Waals surface area contributed by atoms with Crippen LogP contribution in [0, 0.1) is 0 Å². The van der Waals surface area contributed by atoms with Crippen LogP contribution in [0.25, 0.3) is 0 Å². The van der Waals surface area contributed by atoms with Gasteiger partial charge in [-0.3, -0.25) is 0 Å². The summed E-state index contributed by atoms with van der Waals surface area (Å²) in [6.45, 7) is 7.64. The molecule has 1 aliphatic heterocycles. The summed E-state index contributed by atoms with van der Waals surface area (Å²) in [5, 5.41) is 2.85. The molecule has 1 fully saturated rings. The van der Waals surface area contributed by atoms with Crippen LogP contribution in [0.3, 0.4) is 0 Å². The molecule has 0 atom stereocenters. The minimum Gasteiger partial charge on any atom is -0.406 e. The van der Waals surface area contributed by atoms with Gasteiger partial charge in [0.15, 0.2) is 0 Å². The maximum Gasteiger partial charge on any atom is 0.573 e. The SMILES string of the molecule is CNc1cc(OC(F)(F)F)ccc1B1OC(C)(C)C(C)(C)O1. The lowest BCUT2D eigenvalue weighted by molar-refractivity contribution is -0.274. The molecule has 8 heteroatoms. The highest BCUT2D eigenvalue weighted by Crippen LogP contribution is 2.37. The molecular weight excluding hydrogens is 298 g/mol. The Kier molecular flexibility index (Phi) is 4.12. The molecule has 1 aromatic rings. The number of nitrogens with one attached hydrogen (secondary N) is 1. The van der Waals surface area contributed by atoms with Gasteiger partial charge < -0.3 is 19.4 Å². The average molecular weight is 317 g/mol. The van der Waals surface area contributed by atoms with Gasteiger partial charge in [-0.2, -0.15) is 0 Å². The van der Waals surface area contributed by atoms with Crippen LogP contribution in [0.4, 0.5) is 18.9 Å². The minimum atomic E-state index is -4.73. The molecule has 0 bridgehead atoms. The summed E-state index contributed by atoms with van der Waals surface area (Å²) in [6.07, 6.45) is -4.73. The lowest BCUT2D eigenvalue weighted by atomic mass is 9.77. The summed E-state index contributed by atoms with van der Waals surface area (Å²) in [5.41, 5.74) is 0.0316. The Morgan fingerprint density at radius 3 is 2.09 bits per heavy atom. The van der Waals surface area contributed by atoms with E-state index < -0.39 is 24.7 Å². The summed E-state index contributed by atoms with van der Waals surface area (Å²) in [5.74, 6) is -0.294. The fourth-order valence-corrected chi connectivity index (χ4v) is 2.12. The van der Waals surface area contributed by atoms with Gasteiger partial charge in [-0.15, -0.1) is 13.2 Å². The number of hydrogen-bond acceptors (Lipinski definition) is 4. The topological polar surface area (TPSA) is 39.7 Å². The van der Waals surface area contributed by atoms with E-state index >= 15 is 0 Å². The van der Waals surface area contributed by atoms with E-state index in [4.69, 9.17) is 9.31 Å². The van der Waals surface area contributed by atoms with Gasteiger partial charge in [-0.1, -0.05) is 6.07 Å². The number of halogens is 3. The zero-order valence-corrected chi connectivity index (χ0v) is 13.2. The number of benzene rings is 1. The Hall–Kier alpha value is -1.41. The molecule has 0 amide bonds. The normalized spacial score (nSPS) is 20.1. The van der Waals surface area contributed by atoms with Gasteiger partial charge in [-0.25, -0.2) is 0 Å². The zero-order valence-electron chi connectivity index (χ0n) is 13.2. The second kappa shape index (κ2) is 5.35. The third kappa shape index (κ3) is 3.33. The lowest BCUT2D eigenvalue weighted by Gasteiger charge is -2.32. The van der Waals surface area contributed by atoms with Crippen molar-refractivity contribution in [1.82, 2.24) is 0 Å². The third-order valence-corrected chi connectivity index (χ3v) is 4.03. The predicted molar refractivity (Wildman–Crippen MR) is 78.4 cm³/mol. The zero-order chi connectivity index (χ0) is 16.8. The number of alkyl halides is 3. The van der Waals surface area contributed by atoms with Crippen molar-refractivity contribution >= 4 is 18.3 Å². The van der Waals surface area contributed by atoms with Crippen molar-refractivity contribution < 1.29 is 27.2 Å². The number of ether oxygens (including phenoxy) is 1. The Labute approximate surface area is 128 Å². The highest BCUT2D eigenvalue weighted by molar-refractivity contribution is 6.64. The van der Waals surface area contributed by atoms with Crippen LogP contribution in [0.1, 0.15) is 27.7 Å². The van der Waals surface area contributed by atoms with Crippen LogP contribution in [0.15, 0.2) is 18.2 Å². The quantitative estimate of drug-likeness (QED) is 0.870. The second-order valence-corrected chi connectivity index (χ2v) is 6.14. The van der Waals surface area contributed by atoms with Crippen molar-refractivity contribution in [3.8, 4) is 5.75 Å². The summed E-state index contributed by atoms with van der Waals surface area (Å²) < 4.78 is 52.6. The van der Waals surface area contributed by atoms with Gasteiger partial charge >= 0.3 is 13.5 Å². The summed E-state index contributed by atoms with van der Waals surface area (Å²) in [4.78, 5) is 0. The number of rotatable bonds is 3. The molecule has 0 aromatic heterocycles. The largest absolute Gasteiger partial charge is 0.573 e. The van der Waals surface area contributed by atoms with Gasteiger partial charge in [0.2, 0.25) is 0 Å². The molecule has 1 aliphatic rings. The fourth-order valence-electron chi connectivity index (χ4n) is 2.12. The van der Waals surface area contributed by atoms with Crippen molar-refractivity contribution in [2.45, 2.75) is 45.3 Å². The first kappa shape index (κ1) is 17.0. The van der Waals surface area contributed by atoms with Gasteiger partial charge in [0, 0.05) is 24.3 Å². The van der Waals surface area contributed by atoms with Crippen LogP contribution < -0.4 is 15.5 Å². The Morgan fingerprint density at radius 1 is 1.09 bits per heavy atom. The molecule has 0 unspecified atom stereocenters. The highest BCUT2D eigenvalue weighted by atomic mass is 19.4. The average Bonchev–Trinajstić information content (AvgIpc) is 2.56. The molecule has 1 N–H and O–H groups in total. The molecule has 0 aliphatic carbocycles. The van der Waals surface area contributed by atoms with E-state index in [1.54, 1.807) is 7.05 Å². The fraction of sp³-hybridized carbons (Fsp3) is 0.571. The first-order valence-electron chi connectivity index (χ1n) is 6.88. The molecule has 122 valence electrons. The summed E-state index contributed by atoms with van der Waals surface area (Å²) in [7, 11) is 0.953. The van der Waals surface area contributed by atoms with Crippen LogP contribution in [0.2, 0.25) is 0 Å². The Morgan fingerprint density at radius 2 is 1.64 bits per heavy atom. The molecule has 0 spiro atoms. The Bertz CT molecular complexity index is 545. The molecule has 22 heavy (non-hydrogen) atoms. The van der Waals surface area contributed by atoms with Crippen molar-refractivity contribution in [2.24, 2.45) is 0 Å². The van der Waals surface area contributed by atoms with E-state index in [0.717, 1.165) is 0 Å². The van der Waals surface area contributed by atoms with E-state index in [0.29, 0.717) is 11.2 Å². The molecule has 1 heterocycles. The van der Waals surface area contributed by atoms with Crippen LogP contribution in [-0.2, 0) is 9.31 Å². The number of hydrogen-bond donors (Lipinski definition) is 1. The van der Waals surface area contributed by atoms with E-state index in [-0.39, 0.29) is 5.75 Å². The summed E-state index contributed by atoms with van der Waals surface area (Å²) in [6, 6.07) is 4.03. The van der Waals surface area contributed by atoms with Crippen molar-refractivity contribution in [2.75, 3.05) is 12.4 Å². The Balaban J connectivity index is 2.30. The molecule has 2 rings (SSSR count). The standard InChI is InChI=1S/C14H19BF3NO3/c1-12(2)13(3,4)22-15(21-12)10-7-6-9(8-11(10)19-5)20-14(16,17)18/h6-8,19H,1-5H3. The smallest absolute Gasteiger partial charge is 0.406 e. The van der Waals surface area contributed by atoms with Crippen LogP contribution >= 0.6 is 0 Å². The molecule has 0 saturated carbocycles. The third-order valence-electron chi connectivity index (χ3n) is 4.03. The minimum absolute atomic E-state index is 0.294. The van der Waals surface area contributed by atoms with Crippen LogP contribution in [0.5, 0.6) is 5.75 Å². The highest BCUT2D eigenvalue weighted by Gasteiger charge is 2.52. The molecule has 4 nitrogen and oxygen atoms in total. The van der Waals surface area contributed by atoms with E-state index in [1.807, 2.05) is 27.7 Å². The van der Waals surface area contributed by atoms with Crippen molar-refractivity contribution in [3.63, 3.8) is 0 Å². The van der Waals surface area contributed by atoms with Crippen LogP contribution in [-0.4, -0.2) is 31.7 Å². The summed E-state index contributed by atoms with van der Waals surface area (Å²) >= 11 is 0. The van der Waals surface area contributed by atoms with Crippen molar-refractivity contribution in [1.29, 1.82) is 0 Å². The van der Waals surface area contributed by atoms with Crippen molar-refractivity contribution in [3.05, 3.63) is 18.2 Å². The first-order valence-corrected chi connectivity index (χ1v) is 6.88. The van der Waals surface area contributed by atoms with Gasteiger partial charge in [0.05, 0.1) is 11.2 Å². The second-order valence-electron chi connectivity index (χ2n) is 6.14. The molecular formula is C14H19BF3NO3. The van der Waals surface area contributed by atoms with Gasteiger partial charge in [-0.05, 0) is 33.8 Å². The lowest BCUT2D eigenvalue weighted by Crippen LogP contribution is -2.41. The number of anilines is 1. The molecule has 1 aromatic carbocycles. The van der Waals surface area contributed by atoms with E-state index in [1.165, 1.54) is 18.2 Å². The van der Waals surface area contributed by atoms with E-state index in [2.05, 4.69) is 10.1 Å². The van der Waals surface area contributed by atoms with Gasteiger partial charge in [0.25, 0.3) is 0 Å². The predicted octanol–water partition coefficient (Wildman–Crippen LogP) is 2.93. The monoisotopic (exact) mass is 317 g/mol. The maximum atomic E-state index is 12.3. The van der Waals surface area contributed by atoms with Gasteiger partial charge in [0.1, 0.15) is 5.75 Å². The maximum absolute atomic E-state index is 12.3. The van der Waals surface area contributed by atoms with E-state index in [9.17, 15) is 13.2 Å². The molecule has 0 radical (unpaired) electrons.